The second-order valence-corrected chi connectivity index (χ2v) is 3.56. The molecule has 15 heavy (non-hydrogen) atoms. The summed E-state index contributed by atoms with van der Waals surface area (Å²) >= 11 is 0. The van der Waals surface area contributed by atoms with Crippen LogP contribution in [0.1, 0.15) is 5.56 Å². The predicted molar refractivity (Wildman–Crippen MR) is 57.0 cm³/mol. The molecule has 0 atom stereocenters. The molecule has 82 valence electrons. The monoisotopic (exact) mass is 226 g/mol. The van der Waals surface area contributed by atoms with Crippen molar-refractivity contribution in [2.24, 2.45) is 0 Å². The fourth-order valence-corrected chi connectivity index (χ4v) is 1.46. The van der Waals surface area contributed by atoms with E-state index in [2.05, 4.69) is 0 Å². The molecule has 0 saturated heterocycles. The summed E-state index contributed by atoms with van der Waals surface area (Å²) in [4.78, 5) is 0. The van der Waals surface area contributed by atoms with Crippen molar-refractivity contribution in [3.63, 3.8) is 0 Å². The first kappa shape index (κ1) is 11.9. The first-order valence-corrected chi connectivity index (χ1v) is 5.83. The molecular formula is C10H14O4Si. The Morgan fingerprint density at radius 2 is 2.07 bits per heavy atom. The lowest BCUT2D eigenvalue weighted by Crippen LogP contribution is -2.01. The van der Waals surface area contributed by atoms with Crippen molar-refractivity contribution >= 4 is 9.41 Å². The van der Waals surface area contributed by atoms with Gasteiger partial charge < -0.3 is 18.7 Å². The van der Waals surface area contributed by atoms with Crippen LogP contribution in [-0.2, 0) is 15.8 Å². The van der Waals surface area contributed by atoms with Crippen LogP contribution in [0.3, 0.4) is 0 Å². The van der Waals surface area contributed by atoms with E-state index in [1.54, 1.807) is 20.3 Å². The fourth-order valence-electron chi connectivity index (χ4n) is 1.21. The summed E-state index contributed by atoms with van der Waals surface area (Å²) in [6.45, 7) is 0.531. The molecule has 1 aromatic rings. The highest BCUT2D eigenvalue weighted by atomic mass is 28.2. The van der Waals surface area contributed by atoms with Crippen LogP contribution < -0.4 is 9.47 Å². The molecule has 0 unspecified atom stereocenters. The van der Waals surface area contributed by atoms with E-state index in [4.69, 9.17) is 14.2 Å². The van der Waals surface area contributed by atoms with Gasteiger partial charge in [0.1, 0.15) is 6.23 Å². The Bertz CT molecular complexity index is 327. The van der Waals surface area contributed by atoms with Crippen molar-refractivity contribution in [2.75, 3.05) is 20.4 Å². The number of rotatable bonds is 6. The van der Waals surface area contributed by atoms with Crippen molar-refractivity contribution < 1.29 is 18.7 Å². The van der Waals surface area contributed by atoms with Crippen LogP contribution in [0.15, 0.2) is 18.2 Å². The molecule has 0 heterocycles. The average Bonchev–Trinajstić information content (AvgIpc) is 2.27. The molecule has 0 bridgehead atoms. The van der Waals surface area contributed by atoms with Crippen molar-refractivity contribution in [3.05, 3.63) is 23.8 Å². The van der Waals surface area contributed by atoms with Gasteiger partial charge in [-0.2, -0.15) is 0 Å². The molecule has 0 N–H and O–H groups in total. The maximum Gasteiger partial charge on any atom is 0.300 e. The lowest BCUT2D eigenvalue weighted by atomic mass is 10.2. The maximum atomic E-state index is 10.4. The zero-order valence-electron chi connectivity index (χ0n) is 8.86. The van der Waals surface area contributed by atoms with Crippen LogP contribution in [0, 0.1) is 0 Å². The van der Waals surface area contributed by atoms with Crippen LogP contribution in [-0.4, -0.2) is 29.9 Å². The standard InChI is InChI=1S/C10H14O4Si/c1-12-6-8-3-4-9(14-7-15-11)10(5-8)13-2/h3-5,15H,6-7H2,1-2H3. The van der Waals surface area contributed by atoms with Gasteiger partial charge in [-0.05, 0) is 17.7 Å². The zero-order valence-corrected chi connectivity index (χ0v) is 10.0. The van der Waals surface area contributed by atoms with E-state index in [1.165, 1.54) is 0 Å². The maximum absolute atomic E-state index is 10.4. The third kappa shape index (κ3) is 3.45. The lowest BCUT2D eigenvalue weighted by molar-refractivity contribution is 0.184. The van der Waals surface area contributed by atoms with Crippen LogP contribution in [0.4, 0.5) is 0 Å². The van der Waals surface area contributed by atoms with Crippen LogP contribution in [0.25, 0.3) is 0 Å². The van der Waals surface area contributed by atoms with Crippen molar-refractivity contribution in [1.29, 1.82) is 0 Å². The molecule has 5 heteroatoms. The van der Waals surface area contributed by atoms with Gasteiger partial charge >= 0.3 is 9.41 Å². The van der Waals surface area contributed by atoms with E-state index in [0.717, 1.165) is 5.56 Å². The molecule has 0 aliphatic heterocycles. The number of hydrogen-bond donors (Lipinski definition) is 0. The summed E-state index contributed by atoms with van der Waals surface area (Å²) in [5.41, 5.74) is 1.01. The van der Waals surface area contributed by atoms with E-state index in [-0.39, 0.29) is 6.23 Å². The van der Waals surface area contributed by atoms with Gasteiger partial charge in [0.15, 0.2) is 11.5 Å². The minimum Gasteiger partial charge on any atom is -0.493 e. The summed E-state index contributed by atoms with van der Waals surface area (Å²) in [6, 6.07) is 5.53. The molecule has 4 nitrogen and oxygen atoms in total. The highest BCUT2D eigenvalue weighted by Gasteiger charge is 2.05. The van der Waals surface area contributed by atoms with Gasteiger partial charge in [-0.15, -0.1) is 0 Å². The Morgan fingerprint density at radius 3 is 2.67 bits per heavy atom. The van der Waals surface area contributed by atoms with E-state index < -0.39 is 9.41 Å². The third-order valence-electron chi connectivity index (χ3n) is 1.85. The first-order valence-electron chi connectivity index (χ1n) is 4.54. The zero-order chi connectivity index (χ0) is 11.1. The summed E-state index contributed by atoms with van der Waals surface area (Å²) in [6.07, 6.45) is 0.236. The van der Waals surface area contributed by atoms with Crippen molar-refractivity contribution in [2.45, 2.75) is 6.61 Å². The SMILES string of the molecule is COCc1ccc(OC[SiH]=O)c(OC)c1. The molecule has 0 aliphatic rings. The Morgan fingerprint density at radius 1 is 1.27 bits per heavy atom. The predicted octanol–water partition coefficient (Wildman–Crippen LogP) is 0.960. The van der Waals surface area contributed by atoms with E-state index in [9.17, 15) is 4.46 Å². The highest BCUT2D eigenvalue weighted by molar-refractivity contribution is 6.16. The molecule has 1 rings (SSSR count). The van der Waals surface area contributed by atoms with Gasteiger partial charge in [-0.25, -0.2) is 0 Å². The van der Waals surface area contributed by atoms with Gasteiger partial charge in [0.05, 0.1) is 13.7 Å². The molecule has 0 amide bonds. The third-order valence-corrected chi connectivity index (χ3v) is 2.15. The Hall–Kier alpha value is -1.20. The Kier molecular flexibility index (Phi) is 4.99. The van der Waals surface area contributed by atoms with E-state index in [1.807, 2.05) is 12.1 Å². The van der Waals surface area contributed by atoms with Crippen LogP contribution in [0.2, 0.25) is 0 Å². The number of hydrogen-bond acceptors (Lipinski definition) is 4. The second kappa shape index (κ2) is 6.31. The van der Waals surface area contributed by atoms with E-state index >= 15 is 0 Å². The van der Waals surface area contributed by atoms with Gasteiger partial charge in [-0.1, -0.05) is 6.07 Å². The molecular weight excluding hydrogens is 212 g/mol. The molecule has 0 radical (unpaired) electrons. The van der Waals surface area contributed by atoms with Gasteiger partial charge in [0, 0.05) is 7.11 Å². The summed E-state index contributed by atoms with van der Waals surface area (Å²) < 4.78 is 25.8. The van der Waals surface area contributed by atoms with Gasteiger partial charge in [-0.3, -0.25) is 0 Å². The van der Waals surface area contributed by atoms with Gasteiger partial charge in [0.25, 0.3) is 0 Å². The molecule has 1 aromatic carbocycles. The van der Waals surface area contributed by atoms with E-state index in [0.29, 0.717) is 18.1 Å². The van der Waals surface area contributed by atoms with Crippen molar-refractivity contribution in [3.8, 4) is 11.5 Å². The Balaban J connectivity index is 2.82. The normalized spacial score (nSPS) is 9.73. The minimum atomic E-state index is -0.900. The fraction of sp³-hybridized carbons (Fsp3) is 0.400. The number of methoxy groups -OCH3 is 2. The minimum absolute atomic E-state index is 0.236. The lowest BCUT2D eigenvalue weighted by Gasteiger charge is -2.10. The Labute approximate surface area is 91.0 Å². The highest BCUT2D eigenvalue weighted by Crippen LogP contribution is 2.27. The van der Waals surface area contributed by atoms with Crippen LogP contribution >= 0.6 is 0 Å². The largest absolute Gasteiger partial charge is 0.493 e. The molecule has 0 fully saturated rings. The van der Waals surface area contributed by atoms with Crippen molar-refractivity contribution in [1.82, 2.24) is 0 Å². The summed E-state index contributed by atoms with van der Waals surface area (Å²) in [7, 11) is 2.31. The first-order chi connectivity index (χ1) is 7.31. The molecule has 0 spiro atoms. The van der Waals surface area contributed by atoms with Gasteiger partial charge in [0.2, 0.25) is 0 Å². The molecule has 0 aromatic heterocycles. The second-order valence-electron chi connectivity index (χ2n) is 2.90. The topological polar surface area (TPSA) is 44.8 Å². The smallest absolute Gasteiger partial charge is 0.300 e. The number of ether oxygens (including phenoxy) is 3. The summed E-state index contributed by atoms with van der Waals surface area (Å²) in [5, 5.41) is 0. The average molecular weight is 226 g/mol. The number of benzene rings is 1. The summed E-state index contributed by atoms with van der Waals surface area (Å²) in [5.74, 6) is 1.25. The quantitative estimate of drug-likeness (QED) is 0.678. The molecule has 0 aliphatic carbocycles. The van der Waals surface area contributed by atoms with Crippen LogP contribution in [0.5, 0.6) is 11.5 Å². The molecule has 0 saturated carbocycles.